The van der Waals surface area contributed by atoms with E-state index in [0.29, 0.717) is 5.69 Å². The number of rotatable bonds is 2. The summed E-state index contributed by atoms with van der Waals surface area (Å²) in [5.74, 6) is 0. The van der Waals surface area contributed by atoms with Crippen molar-refractivity contribution < 1.29 is 13.2 Å². The molecule has 0 atom stereocenters. The van der Waals surface area contributed by atoms with Gasteiger partial charge in [0.25, 0.3) is 10.0 Å². The summed E-state index contributed by atoms with van der Waals surface area (Å²) in [6.45, 7) is 3.51. The lowest BCUT2D eigenvalue weighted by Crippen LogP contribution is -2.35. The summed E-state index contributed by atoms with van der Waals surface area (Å²) in [5, 5.41) is 0. The smallest absolute Gasteiger partial charge is 0.326 e. The highest BCUT2D eigenvalue weighted by molar-refractivity contribution is 7.90. The van der Waals surface area contributed by atoms with E-state index >= 15 is 0 Å². The van der Waals surface area contributed by atoms with E-state index in [1.165, 1.54) is 12.1 Å². The molecule has 5 N–H and O–H groups in total. The van der Waals surface area contributed by atoms with Gasteiger partial charge in [0.15, 0.2) is 0 Å². The first-order chi connectivity index (χ1) is 7.24. The number of nitrogens with one attached hydrogen (secondary N) is 1. The summed E-state index contributed by atoms with van der Waals surface area (Å²) in [6.07, 6.45) is 0. The Morgan fingerprint density at radius 1 is 1.31 bits per heavy atom. The molecule has 0 aromatic heterocycles. The number of hydrogen-bond acceptors (Lipinski definition) is 4. The summed E-state index contributed by atoms with van der Waals surface area (Å²) in [7, 11) is -3.93. The molecule has 1 aromatic rings. The maximum atomic E-state index is 11.6. The first kappa shape index (κ1) is 12.3. The Bertz CT molecular complexity index is 514. The van der Waals surface area contributed by atoms with Gasteiger partial charge in [-0.05, 0) is 37.1 Å². The lowest BCUT2D eigenvalue weighted by atomic mass is 10.1. The molecule has 0 saturated carbocycles. The molecule has 0 bridgehead atoms. The number of anilines is 1. The van der Waals surface area contributed by atoms with Gasteiger partial charge in [0.05, 0.1) is 4.90 Å². The topological polar surface area (TPSA) is 115 Å². The third-order valence-electron chi connectivity index (χ3n) is 2.23. The highest BCUT2D eigenvalue weighted by atomic mass is 32.2. The predicted octanol–water partition coefficient (Wildman–Crippen LogP) is 0.243. The van der Waals surface area contributed by atoms with Crippen molar-refractivity contribution in [2.24, 2.45) is 5.73 Å². The van der Waals surface area contributed by atoms with Gasteiger partial charge in [-0.2, -0.15) is 0 Å². The third-order valence-corrected chi connectivity index (χ3v) is 3.55. The molecule has 88 valence electrons. The van der Waals surface area contributed by atoms with Gasteiger partial charge in [-0.1, -0.05) is 0 Å². The van der Waals surface area contributed by atoms with Crippen molar-refractivity contribution in [2.75, 3.05) is 5.73 Å². The molecule has 6 nitrogen and oxygen atoms in total. The van der Waals surface area contributed by atoms with Gasteiger partial charge < -0.3 is 11.5 Å². The predicted molar refractivity (Wildman–Crippen MR) is 60.2 cm³/mol. The summed E-state index contributed by atoms with van der Waals surface area (Å²) in [5.41, 5.74) is 12.3. The quantitative estimate of drug-likeness (QED) is 0.645. The van der Waals surface area contributed by atoms with Gasteiger partial charge in [-0.25, -0.2) is 17.9 Å². The number of carbonyl (C=O) groups excluding carboxylic acids is 1. The number of primary amides is 1. The second-order valence-corrected chi connectivity index (χ2v) is 5.11. The van der Waals surface area contributed by atoms with Crippen LogP contribution in [0.15, 0.2) is 17.0 Å². The Labute approximate surface area is 93.7 Å². The van der Waals surface area contributed by atoms with Crippen LogP contribution in [0.3, 0.4) is 0 Å². The van der Waals surface area contributed by atoms with Crippen LogP contribution in [0.1, 0.15) is 11.1 Å². The molecule has 16 heavy (non-hydrogen) atoms. The van der Waals surface area contributed by atoms with Crippen LogP contribution in [0, 0.1) is 13.8 Å². The number of hydrogen-bond donors (Lipinski definition) is 3. The number of sulfonamides is 1. The molecule has 0 heterocycles. The lowest BCUT2D eigenvalue weighted by Gasteiger charge is -2.09. The molecule has 0 aliphatic rings. The fraction of sp³-hybridized carbons (Fsp3) is 0.222. The van der Waals surface area contributed by atoms with E-state index in [1.807, 2.05) is 0 Å². The maximum absolute atomic E-state index is 11.6. The number of amides is 2. The highest BCUT2D eigenvalue weighted by Crippen LogP contribution is 2.21. The summed E-state index contributed by atoms with van der Waals surface area (Å²) in [4.78, 5) is 10.4. The van der Waals surface area contributed by atoms with Gasteiger partial charge in [0.1, 0.15) is 0 Å². The molecule has 0 radical (unpaired) electrons. The molecule has 0 aliphatic carbocycles. The number of nitrogens with two attached hydrogens (primary N) is 2. The van der Waals surface area contributed by atoms with Crippen LogP contribution < -0.4 is 16.2 Å². The van der Waals surface area contributed by atoms with Crippen molar-refractivity contribution in [3.8, 4) is 0 Å². The molecule has 2 amide bonds. The standard InChI is InChI=1S/C9H13N3O3S/c1-5-3-7(4-8(10)6(5)2)16(14,15)12-9(11)13/h3-4H,10H2,1-2H3,(H3,11,12,13). The molecular formula is C9H13N3O3S. The minimum Gasteiger partial charge on any atom is -0.398 e. The van der Waals surface area contributed by atoms with Crippen LogP contribution in [-0.4, -0.2) is 14.4 Å². The Hall–Kier alpha value is -1.76. The average Bonchev–Trinajstić information content (AvgIpc) is 2.11. The van der Waals surface area contributed by atoms with Crippen molar-refractivity contribution in [3.63, 3.8) is 0 Å². The second kappa shape index (κ2) is 4.01. The molecule has 1 aromatic carbocycles. The van der Waals surface area contributed by atoms with Crippen molar-refractivity contribution >= 4 is 21.7 Å². The first-order valence-corrected chi connectivity index (χ1v) is 5.91. The molecule has 0 fully saturated rings. The highest BCUT2D eigenvalue weighted by Gasteiger charge is 2.17. The van der Waals surface area contributed by atoms with Crippen molar-refractivity contribution in [1.29, 1.82) is 0 Å². The van der Waals surface area contributed by atoms with E-state index in [4.69, 9.17) is 11.5 Å². The van der Waals surface area contributed by atoms with Gasteiger partial charge in [-0.3, -0.25) is 0 Å². The van der Waals surface area contributed by atoms with Crippen LogP contribution in [0.2, 0.25) is 0 Å². The largest absolute Gasteiger partial charge is 0.398 e. The molecule has 0 unspecified atom stereocenters. The molecule has 1 rings (SSSR count). The van der Waals surface area contributed by atoms with E-state index in [0.717, 1.165) is 11.1 Å². The monoisotopic (exact) mass is 243 g/mol. The SMILES string of the molecule is Cc1cc(S(=O)(=O)NC(N)=O)cc(N)c1C. The van der Waals surface area contributed by atoms with E-state index in [1.54, 1.807) is 18.6 Å². The summed E-state index contributed by atoms with van der Waals surface area (Å²) < 4.78 is 24.8. The fourth-order valence-electron chi connectivity index (χ4n) is 1.20. The van der Waals surface area contributed by atoms with Crippen molar-refractivity contribution in [2.45, 2.75) is 18.7 Å². The van der Waals surface area contributed by atoms with Crippen molar-refractivity contribution in [3.05, 3.63) is 23.3 Å². The Balaban J connectivity index is 3.30. The molecule has 0 spiro atoms. The summed E-state index contributed by atoms with van der Waals surface area (Å²) >= 11 is 0. The van der Waals surface area contributed by atoms with Gasteiger partial charge in [0.2, 0.25) is 0 Å². The van der Waals surface area contributed by atoms with Gasteiger partial charge in [-0.15, -0.1) is 0 Å². The lowest BCUT2D eigenvalue weighted by molar-refractivity contribution is 0.253. The number of benzene rings is 1. The third kappa shape index (κ3) is 2.43. The van der Waals surface area contributed by atoms with Gasteiger partial charge >= 0.3 is 6.03 Å². The van der Waals surface area contributed by atoms with Crippen LogP contribution >= 0.6 is 0 Å². The van der Waals surface area contributed by atoms with Crippen LogP contribution in [-0.2, 0) is 10.0 Å². The van der Waals surface area contributed by atoms with Gasteiger partial charge in [0, 0.05) is 5.69 Å². The van der Waals surface area contributed by atoms with E-state index in [2.05, 4.69) is 0 Å². The molecule has 0 saturated heterocycles. The molecule has 0 aliphatic heterocycles. The Morgan fingerprint density at radius 3 is 2.31 bits per heavy atom. The zero-order valence-electron chi connectivity index (χ0n) is 8.94. The Kier molecular flexibility index (Phi) is 3.09. The zero-order chi connectivity index (χ0) is 12.5. The average molecular weight is 243 g/mol. The number of nitrogen functional groups attached to an aromatic ring is 1. The van der Waals surface area contributed by atoms with Crippen LogP contribution in [0.25, 0.3) is 0 Å². The van der Waals surface area contributed by atoms with E-state index in [-0.39, 0.29) is 4.90 Å². The maximum Gasteiger partial charge on any atom is 0.326 e. The number of urea groups is 1. The summed E-state index contributed by atoms with van der Waals surface area (Å²) in [6, 6.07) is 1.58. The minimum absolute atomic E-state index is 0.0769. The minimum atomic E-state index is -3.93. The van der Waals surface area contributed by atoms with E-state index < -0.39 is 16.1 Å². The zero-order valence-corrected chi connectivity index (χ0v) is 9.76. The number of aryl methyl sites for hydroxylation is 1. The Morgan fingerprint density at radius 2 is 1.88 bits per heavy atom. The van der Waals surface area contributed by atoms with Crippen LogP contribution in [0.4, 0.5) is 10.5 Å². The van der Waals surface area contributed by atoms with Crippen LogP contribution in [0.5, 0.6) is 0 Å². The fourth-order valence-corrected chi connectivity index (χ4v) is 2.20. The van der Waals surface area contributed by atoms with E-state index in [9.17, 15) is 13.2 Å². The first-order valence-electron chi connectivity index (χ1n) is 4.43. The molecule has 7 heteroatoms. The normalized spacial score (nSPS) is 11.1. The number of carbonyl (C=O) groups is 1. The van der Waals surface area contributed by atoms with Crippen molar-refractivity contribution in [1.82, 2.24) is 4.72 Å². The molecular weight excluding hydrogens is 230 g/mol. The second-order valence-electron chi connectivity index (χ2n) is 3.42.